The van der Waals surface area contributed by atoms with E-state index in [1.165, 1.54) is 0 Å². The molecule has 3 aliphatic rings. The van der Waals surface area contributed by atoms with E-state index in [4.69, 9.17) is 9.47 Å². The van der Waals surface area contributed by atoms with Crippen LogP contribution in [-0.4, -0.2) is 29.4 Å². The highest BCUT2D eigenvalue weighted by molar-refractivity contribution is 5.91. The highest BCUT2D eigenvalue weighted by atomic mass is 16.6. The Morgan fingerprint density at radius 2 is 2.05 bits per heavy atom. The van der Waals surface area contributed by atoms with Crippen molar-refractivity contribution in [2.24, 2.45) is 23.2 Å². The summed E-state index contributed by atoms with van der Waals surface area (Å²) in [5, 5.41) is 10.1. The number of hydrogen-bond donors (Lipinski definition) is 1. The summed E-state index contributed by atoms with van der Waals surface area (Å²) in [7, 11) is 0. The van der Waals surface area contributed by atoms with Gasteiger partial charge in [0.25, 0.3) is 0 Å². The lowest BCUT2D eigenvalue weighted by Crippen LogP contribution is -2.37. The number of carbonyl (C=O) groups excluding carboxylic acids is 2. The molecule has 1 saturated carbocycles. The predicted molar refractivity (Wildman–Crippen MR) is 64.6 cm³/mol. The number of aliphatic hydroxyl groups is 1. The van der Waals surface area contributed by atoms with Gasteiger partial charge in [-0.05, 0) is 18.8 Å². The number of carbonyl (C=O) groups is 2. The van der Waals surface area contributed by atoms with Gasteiger partial charge in [0.05, 0.1) is 5.92 Å². The fraction of sp³-hybridized carbons (Fsp3) is 0.714. The molecular formula is C14H18O5. The third-order valence-corrected chi connectivity index (χ3v) is 5.01. The Morgan fingerprint density at radius 1 is 1.37 bits per heavy atom. The fourth-order valence-corrected chi connectivity index (χ4v) is 3.97. The van der Waals surface area contributed by atoms with Crippen LogP contribution in [-0.2, 0) is 19.1 Å². The summed E-state index contributed by atoms with van der Waals surface area (Å²) >= 11 is 0. The zero-order chi connectivity index (χ0) is 13.9. The summed E-state index contributed by atoms with van der Waals surface area (Å²) < 4.78 is 10.3. The van der Waals surface area contributed by atoms with Gasteiger partial charge in [-0.25, -0.2) is 4.79 Å². The SMILES string of the molecule is C=C1C(=O)O[C@H]2C[C@@H](C)[C@@H]3C(=O)O[C@@H](O)[C@@]3(C)C[C@@H]12. The van der Waals surface area contributed by atoms with Crippen molar-refractivity contribution >= 4 is 11.9 Å². The van der Waals surface area contributed by atoms with Crippen molar-refractivity contribution in [3.05, 3.63) is 12.2 Å². The maximum Gasteiger partial charge on any atom is 0.334 e. The van der Waals surface area contributed by atoms with Gasteiger partial charge < -0.3 is 14.6 Å². The van der Waals surface area contributed by atoms with Crippen molar-refractivity contribution in [3.63, 3.8) is 0 Å². The van der Waals surface area contributed by atoms with Crippen LogP contribution < -0.4 is 0 Å². The second-order valence-electron chi connectivity index (χ2n) is 6.27. The number of hydrogen-bond acceptors (Lipinski definition) is 5. The Bertz CT molecular complexity index is 470. The minimum absolute atomic E-state index is 0.00310. The van der Waals surface area contributed by atoms with E-state index in [0.29, 0.717) is 18.4 Å². The van der Waals surface area contributed by atoms with Gasteiger partial charge in [0.15, 0.2) is 0 Å². The molecule has 1 N–H and O–H groups in total. The van der Waals surface area contributed by atoms with Gasteiger partial charge in [-0.1, -0.05) is 20.4 Å². The summed E-state index contributed by atoms with van der Waals surface area (Å²) in [5.74, 6) is -1.18. The smallest absolute Gasteiger partial charge is 0.334 e. The summed E-state index contributed by atoms with van der Waals surface area (Å²) in [6.07, 6.45) is -0.242. The van der Waals surface area contributed by atoms with Crippen LogP contribution in [0.2, 0.25) is 0 Å². The lowest BCUT2D eigenvalue weighted by molar-refractivity contribution is -0.162. The average molecular weight is 266 g/mol. The zero-order valence-corrected chi connectivity index (χ0v) is 11.1. The molecule has 2 heterocycles. The molecule has 0 aromatic carbocycles. The van der Waals surface area contributed by atoms with E-state index in [1.807, 2.05) is 13.8 Å². The van der Waals surface area contributed by atoms with Crippen LogP contribution in [0.25, 0.3) is 0 Å². The number of aliphatic hydroxyl groups excluding tert-OH is 1. The van der Waals surface area contributed by atoms with E-state index in [-0.39, 0.29) is 35.8 Å². The molecule has 3 fully saturated rings. The highest BCUT2D eigenvalue weighted by Crippen LogP contribution is 2.54. The molecule has 1 aliphatic carbocycles. The lowest BCUT2D eigenvalue weighted by Gasteiger charge is -2.31. The third kappa shape index (κ3) is 1.57. The first-order chi connectivity index (χ1) is 8.84. The molecule has 0 amide bonds. The largest absolute Gasteiger partial charge is 0.458 e. The van der Waals surface area contributed by atoms with Crippen LogP contribution in [0.5, 0.6) is 0 Å². The molecule has 19 heavy (non-hydrogen) atoms. The Labute approximate surface area is 111 Å². The van der Waals surface area contributed by atoms with Crippen LogP contribution in [0.3, 0.4) is 0 Å². The average Bonchev–Trinajstić information content (AvgIpc) is 2.63. The molecule has 0 aromatic heterocycles. The van der Waals surface area contributed by atoms with Crippen molar-refractivity contribution < 1.29 is 24.2 Å². The minimum atomic E-state index is -1.12. The fourth-order valence-electron chi connectivity index (χ4n) is 3.97. The van der Waals surface area contributed by atoms with Gasteiger partial charge >= 0.3 is 11.9 Å². The number of cyclic esters (lactones) is 1. The van der Waals surface area contributed by atoms with E-state index < -0.39 is 11.7 Å². The van der Waals surface area contributed by atoms with Crippen LogP contribution in [0.4, 0.5) is 0 Å². The van der Waals surface area contributed by atoms with Crippen LogP contribution in [0.1, 0.15) is 26.7 Å². The first-order valence-corrected chi connectivity index (χ1v) is 6.63. The standard InChI is InChI=1S/C14H18O5/c1-6-4-9-8(7(2)11(15)18-9)5-14(3)10(6)12(16)19-13(14)17/h6,8-10,13,17H,2,4-5H2,1,3H3/t6-,8+,9+,10-,13-,14+/m1/s1. The van der Waals surface area contributed by atoms with Gasteiger partial charge in [-0.3, -0.25) is 4.79 Å². The molecule has 2 saturated heterocycles. The maximum atomic E-state index is 11.9. The number of esters is 2. The second-order valence-corrected chi connectivity index (χ2v) is 6.27. The highest BCUT2D eigenvalue weighted by Gasteiger charge is 2.60. The van der Waals surface area contributed by atoms with Crippen molar-refractivity contribution in [1.82, 2.24) is 0 Å². The van der Waals surface area contributed by atoms with Gasteiger partial charge in [-0.2, -0.15) is 0 Å². The number of fused-ring (bicyclic) bond motifs is 2. The predicted octanol–water partition coefficient (Wildman–Crippen LogP) is 1.01. The molecule has 6 atom stereocenters. The summed E-state index contributed by atoms with van der Waals surface area (Å²) in [6.45, 7) is 7.59. The van der Waals surface area contributed by atoms with E-state index in [1.54, 1.807) is 0 Å². The summed E-state index contributed by atoms with van der Waals surface area (Å²) in [5.41, 5.74) is -0.224. The molecule has 5 heteroatoms. The summed E-state index contributed by atoms with van der Waals surface area (Å²) in [6, 6.07) is 0. The van der Waals surface area contributed by atoms with E-state index in [9.17, 15) is 14.7 Å². The number of rotatable bonds is 0. The van der Waals surface area contributed by atoms with Crippen LogP contribution >= 0.6 is 0 Å². The van der Waals surface area contributed by atoms with E-state index in [2.05, 4.69) is 6.58 Å². The van der Waals surface area contributed by atoms with Crippen LogP contribution in [0.15, 0.2) is 12.2 Å². The van der Waals surface area contributed by atoms with Crippen molar-refractivity contribution in [3.8, 4) is 0 Å². The Hall–Kier alpha value is -1.36. The van der Waals surface area contributed by atoms with Crippen molar-refractivity contribution in [2.45, 2.75) is 39.1 Å². The Kier molecular flexibility index (Phi) is 2.55. The monoisotopic (exact) mass is 266 g/mol. The zero-order valence-electron chi connectivity index (χ0n) is 11.1. The van der Waals surface area contributed by atoms with Crippen molar-refractivity contribution in [1.29, 1.82) is 0 Å². The minimum Gasteiger partial charge on any atom is -0.458 e. The summed E-state index contributed by atoms with van der Waals surface area (Å²) in [4.78, 5) is 23.6. The molecule has 0 spiro atoms. The molecule has 3 rings (SSSR count). The maximum absolute atomic E-state index is 11.9. The molecule has 0 bridgehead atoms. The first-order valence-electron chi connectivity index (χ1n) is 6.63. The Morgan fingerprint density at radius 3 is 2.74 bits per heavy atom. The third-order valence-electron chi connectivity index (χ3n) is 5.01. The van der Waals surface area contributed by atoms with Gasteiger partial charge in [0, 0.05) is 16.9 Å². The first kappa shape index (κ1) is 12.7. The van der Waals surface area contributed by atoms with E-state index in [0.717, 1.165) is 0 Å². The quantitative estimate of drug-likeness (QED) is 0.523. The lowest BCUT2D eigenvalue weighted by atomic mass is 9.69. The molecule has 0 aromatic rings. The van der Waals surface area contributed by atoms with Gasteiger partial charge in [0.1, 0.15) is 6.10 Å². The topological polar surface area (TPSA) is 72.8 Å². The molecule has 0 unspecified atom stereocenters. The second kappa shape index (κ2) is 3.82. The van der Waals surface area contributed by atoms with Gasteiger partial charge in [0.2, 0.25) is 6.29 Å². The normalized spacial score (nSPS) is 49.2. The number of ether oxygens (including phenoxy) is 2. The van der Waals surface area contributed by atoms with Crippen molar-refractivity contribution in [2.75, 3.05) is 0 Å². The molecule has 104 valence electrons. The Balaban J connectivity index is 2.01. The van der Waals surface area contributed by atoms with Crippen LogP contribution in [0, 0.1) is 23.2 Å². The molecular weight excluding hydrogens is 248 g/mol. The van der Waals surface area contributed by atoms with Gasteiger partial charge in [-0.15, -0.1) is 0 Å². The molecule has 2 aliphatic heterocycles. The molecule has 5 nitrogen and oxygen atoms in total. The molecule has 0 radical (unpaired) electrons. The van der Waals surface area contributed by atoms with E-state index >= 15 is 0 Å².